The largest absolute Gasteiger partial charge is 0.377 e. The van der Waals surface area contributed by atoms with Crippen LogP contribution in [-0.4, -0.2) is 25.3 Å². The van der Waals surface area contributed by atoms with Crippen LogP contribution in [0.3, 0.4) is 0 Å². The minimum Gasteiger partial charge on any atom is -0.377 e. The molecular weight excluding hydrogens is 248 g/mol. The first kappa shape index (κ1) is 13.4. The Morgan fingerprint density at radius 2 is 2.20 bits per heavy atom. The van der Waals surface area contributed by atoms with E-state index in [9.17, 15) is 0 Å². The third-order valence-electron chi connectivity index (χ3n) is 4.11. The van der Waals surface area contributed by atoms with Crippen molar-refractivity contribution < 1.29 is 4.74 Å². The van der Waals surface area contributed by atoms with Crippen molar-refractivity contribution in [2.45, 2.75) is 31.9 Å². The summed E-state index contributed by atoms with van der Waals surface area (Å²) in [5, 5.41) is 6.86. The predicted molar refractivity (Wildman–Crippen MR) is 83.0 cm³/mol. The fraction of sp³-hybridized carbons (Fsp3) is 0.412. The Balaban J connectivity index is 1.71. The first-order valence-corrected chi connectivity index (χ1v) is 7.36. The van der Waals surface area contributed by atoms with Crippen molar-refractivity contribution in [3.8, 4) is 0 Å². The van der Waals surface area contributed by atoms with Gasteiger partial charge in [-0.1, -0.05) is 30.8 Å². The van der Waals surface area contributed by atoms with Gasteiger partial charge in [-0.2, -0.15) is 0 Å². The van der Waals surface area contributed by atoms with Gasteiger partial charge in [-0.15, -0.1) is 0 Å². The van der Waals surface area contributed by atoms with Crippen molar-refractivity contribution in [1.29, 1.82) is 0 Å². The molecule has 1 fully saturated rings. The van der Waals surface area contributed by atoms with Gasteiger partial charge in [0.05, 0.1) is 6.10 Å². The summed E-state index contributed by atoms with van der Waals surface area (Å²) in [5.41, 5.74) is 4.71. The van der Waals surface area contributed by atoms with E-state index < -0.39 is 0 Å². The quantitative estimate of drug-likeness (QED) is 0.882. The third kappa shape index (κ3) is 2.65. The van der Waals surface area contributed by atoms with Crippen molar-refractivity contribution in [3.63, 3.8) is 0 Å². The number of nitrogens with one attached hydrogen (secondary N) is 2. The lowest BCUT2D eigenvalue weighted by molar-refractivity contribution is 0.109. The average molecular weight is 270 g/mol. The Hall–Kier alpha value is -1.58. The number of fused-ring (bicyclic) bond motifs is 1. The van der Waals surface area contributed by atoms with Crippen LogP contribution in [0.1, 0.15) is 30.9 Å². The van der Waals surface area contributed by atoms with E-state index in [2.05, 4.69) is 54.6 Å². The topological polar surface area (TPSA) is 33.3 Å². The second-order valence-electron chi connectivity index (χ2n) is 5.53. The predicted octanol–water partition coefficient (Wildman–Crippen LogP) is 2.76. The van der Waals surface area contributed by atoms with Crippen LogP contribution in [0, 0.1) is 0 Å². The fourth-order valence-corrected chi connectivity index (χ4v) is 2.90. The molecule has 0 spiro atoms. The molecule has 0 bridgehead atoms. The zero-order chi connectivity index (χ0) is 13.9. The molecule has 3 heteroatoms. The summed E-state index contributed by atoms with van der Waals surface area (Å²) in [6, 6.07) is 8.71. The molecule has 0 amide bonds. The maximum Gasteiger partial charge on any atom is 0.0700 e. The van der Waals surface area contributed by atoms with Gasteiger partial charge in [-0.25, -0.2) is 0 Å². The van der Waals surface area contributed by atoms with Crippen LogP contribution in [-0.2, 0) is 4.74 Å². The minimum atomic E-state index is 0.293. The number of rotatable bonds is 4. The molecule has 0 saturated carbocycles. The molecule has 2 aliphatic rings. The Bertz CT molecular complexity index is 530. The zero-order valence-electron chi connectivity index (χ0n) is 12.0. The lowest BCUT2D eigenvalue weighted by Crippen LogP contribution is -2.35. The van der Waals surface area contributed by atoms with Crippen LogP contribution < -0.4 is 10.6 Å². The van der Waals surface area contributed by atoms with Gasteiger partial charge in [0.15, 0.2) is 0 Å². The van der Waals surface area contributed by atoms with Gasteiger partial charge in [-0.3, -0.25) is 0 Å². The van der Waals surface area contributed by atoms with Crippen LogP contribution in [0.4, 0.5) is 0 Å². The number of ether oxygens (including phenoxy) is 1. The van der Waals surface area contributed by atoms with Gasteiger partial charge in [0.1, 0.15) is 0 Å². The SMILES string of the molecule is C=C1NC=C(C(C)NCC2CCCO2)c2ccccc21. The monoisotopic (exact) mass is 270 g/mol. The second-order valence-corrected chi connectivity index (χ2v) is 5.53. The third-order valence-corrected chi connectivity index (χ3v) is 4.11. The van der Waals surface area contributed by atoms with Crippen LogP contribution in [0.15, 0.2) is 37.0 Å². The van der Waals surface area contributed by atoms with Crippen molar-refractivity contribution in [3.05, 3.63) is 48.2 Å². The summed E-state index contributed by atoms with van der Waals surface area (Å²) in [5.74, 6) is 0. The molecule has 106 valence electrons. The Morgan fingerprint density at radius 3 is 2.95 bits per heavy atom. The van der Waals surface area contributed by atoms with Gasteiger partial charge in [-0.05, 0) is 30.9 Å². The van der Waals surface area contributed by atoms with E-state index in [4.69, 9.17) is 4.74 Å². The van der Waals surface area contributed by atoms with Crippen molar-refractivity contribution >= 4 is 11.3 Å². The van der Waals surface area contributed by atoms with Crippen LogP contribution >= 0.6 is 0 Å². The standard InChI is InChI=1S/C17H22N2O/c1-12-15-7-3-4-8-16(15)17(11-19-12)13(2)18-10-14-6-5-9-20-14/h3-4,7-8,11,13-14,18-19H,1,5-6,9-10H2,2H3. The highest BCUT2D eigenvalue weighted by Crippen LogP contribution is 2.29. The van der Waals surface area contributed by atoms with Crippen LogP contribution in [0.5, 0.6) is 0 Å². The molecule has 2 heterocycles. The van der Waals surface area contributed by atoms with Gasteiger partial charge in [0.25, 0.3) is 0 Å². The molecule has 3 rings (SSSR count). The van der Waals surface area contributed by atoms with Crippen molar-refractivity contribution in [2.24, 2.45) is 0 Å². The fourth-order valence-electron chi connectivity index (χ4n) is 2.90. The maximum absolute atomic E-state index is 5.67. The highest BCUT2D eigenvalue weighted by atomic mass is 16.5. The molecule has 0 aliphatic carbocycles. The van der Waals surface area contributed by atoms with E-state index in [-0.39, 0.29) is 0 Å². The number of hydrogen-bond acceptors (Lipinski definition) is 3. The molecule has 1 saturated heterocycles. The number of hydrogen-bond donors (Lipinski definition) is 2. The Morgan fingerprint density at radius 1 is 1.40 bits per heavy atom. The normalized spacial score (nSPS) is 22.9. The lowest BCUT2D eigenvalue weighted by Gasteiger charge is -2.26. The average Bonchev–Trinajstić information content (AvgIpc) is 2.99. The molecule has 2 aliphatic heterocycles. The van der Waals surface area contributed by atoms with Gasteiger partial charge in [0.2, 0.25) is 0 Å². The van der Waals surface area contributed by atoms with E-state index in [1.165, 1.54) is 29.5 Å². The maximum atomic E-state index is 5.67. The summed E-state index contributed by atoms with van der Waals surface area (Å²) in [7, 11) is 0. The van der Waals surface area contributed by atoms with E-state index in [1.807, 2.05) is 0 Å². The number of benzene rings is 1. The second kappa shape index (κ2) is 5.81. The first-order valence-electron chi connectivity index (χ1n) is 7.36. The molecule has 3 nitrogen and oxygen atoms in total. The van der Waals surface area contributed by atoms with Gasteiger partial charge in [0, 0.05) is 36.7 Å². The smallest absolute Gasteiger partial charge is 0.0700 e. The van der Waals surface area contributed by atoms with Crippen LogP contribution in [0.2, 0.25) is 0 Å². The van der Waals surface area contributed by atoms with Crippen LogP contribution in [0.25, 0.3) is 11.3 Å². The molecule has 2 atom stereocenters. The lowest BCUT2D eigenvalue weighted by atomic mass is 9.92. The first-order chi connectivity index (χ1) is 9.75. The molecule has 2 unspecified atom stereocenters. The van der Waals surface area contributed by atoms with E-state index >= 15 is 0 Å². The summed E-state index contributed by atoms with van der Waals surface area (Å²) in [6.45, 7) is 8.09. The molecule has 2 N–H and O–H groups in total. The van der Waals surface area contributed by atoms with Gasteiger partial charge >= 0.3 is 0 Å². The Kier molecular flexibility index (Phi) is 3.90. The molecule has 0 aromatic heterocycles. The summed E-state index contributed by atoms with van der Waals surface area (Å²) < 4.78 is 5.67. The highest BCUT2D eigenvalue weighted by Gasteiger charge is 2.21. The zero-order valence-corrected chi connectivity index (χ0v) is 12.0. The summed E-state index contributed by atoms with van der Waals surface area (Å²) in [4.78, 5) is 0. The molecule has 20 heavy (non-hydrogen) atoms. The van der Waals surface area contributed by atoms with Crippen molar-refractivity contribution in [2.75, 3.05) is 13.2 Å². The molecular formula is C17H22N2O. The van der Waals surface area contributed by atoms with E-state index in [0.29, 0.717) is 12.1 Å². The molecule has 1 aromatic rings. The van der Waals surface area contributed by atoms with E-state index in [1.54, 1.807) is 0 Å². The minimum absolute atomic E-state index is 0.293. The summed E-state index contributed by atoms with van der Waals surface area (Å²) >= 11 is 0. The highest BCUT2D eigenvalue weighted by molar-refractivity contribution is 5.84. The Labute approximate surface area is 120 Å². The molecule has 1 aromatic carbocycles. The summed E-state index contributed by atoms with van der Waals surface area (Å²) in [6.07, 6.45) is 4.80. The molecule has 0 radical (unpaired) electrons. The van der Waals surface area contributed by atoms with Gasteiger partial charge < -0.3 is 15.4 Å². The van der Waals surface area contributed by atoms with Crippen molar-refractivity contribution in [1.82, 2.24) is 10.6 Å². The van der Waals surface area contributed by atoms with E-state index in [0.717, 1.165) is 18.8 Å².